The lowest BCUT2D eigenvalue weighted by atomic mass is 10.1. The minimum atomic E-state index is -2.78. The zero-order valence-corrected chi connectivity index (χ0v) is 11.2. The molecule has 0 bridgehead atoms. The lowest BCUT2D eigenvalue weighted by molar-refractivity contribution is 0.442. The van der Waals surface area contributed by atoms with Crippen molar-refractivity contribution < 1.29 is 8.42 Å². The Balaban J connectivity index is 3.55. The average molecular weight is 235 g/mol. The maximum atomic E-state index is 11.2. The second kappa shape index (κ2) is 7.23. The molecule has 0 aliphatic heterocycles. The van der Waals surface area contributed by atoms with Gasteiger partial charge in [0.25, 0.3) is 0 Å². The highest BCUT2D eigenvalue weighted by Gasteiger charge is 2.07. The molecule has 0 radical (unpaired) electrons. The molecule has 0 aliphatic rings. The third kappa shape index (κ3) is 8.88. The van der Waals surface area contributed by atoms with E-state index in [0.717, 1.165) is 19.4 Å². The van der Waals surface area contributed by atoms with Crippen molar-refractivity contribution in [3.8, 4) is 0 Å². The molecule has 0 amide bonds. The smallest absolute Gasteiger partial charge is 0.150 e. The van der Waals surface area contributed by atoms with Crippen molar-refractivity contribution in [2.24, 2.45) is 5.92 Å². The van der Waals surface area contributed by atoms with Crippen LogP contribution in [0, 0.1) is 5.92 Å². The van der Waals surface area contributed by atoms with Crippen LogP contribution in [-0.2, 0) is 9.84 Å². The number of hydrogen-bond acceptors (Lipinski definition) is 3. The maximum Gasteiger partial charge on any atom is 0.150 e. The van der Waals surface area contributed by atoms with E-state index in [1.807, 2.05) is 0 Å². The number of nitrogens with one attached hydrogen (secondary N) is 1. The minimum absolute atomic E-state index is 0.258. The van der Waals surface area contributed by atoms with Gasteiger partial charge in [-0.05, 0) is 32.2 Å². The van der Waals surface area contributed by atoms with Crippen LogP contribution in [0.1, 0.15) is 40.5 Å². The molecular weight excluding hydrogens is 210 g/mol. The van der Waals surface area contributed by atoms with Crippen LogP contribution in [-0.4, -0.2) is 32.5 Å². The second-order valence-corrected chi connectivity index (χ2v) is 7.05. The summed E-state index contributed by atoms with van der Waals surface area (Å²) in [6.07, 6.45) is 1.86. The average Bonchev–Trinajstić information content (AvgIpc) is 2.11. The van der Waals surface area contributed by atoms with E-state index in [0.29, 0.717) is 17.7 Å². The quantitative estimate of drug-likeness (QED) is 0.653. The van der Waals surface area contributed by atoms with E-state index in [2.05, 4.69) is 26.1 Å². The van der Waals surface area contributed by atoms with Crippen molar-refractivity contribution >= 4 is 9.84 Å². The predicted octanol–water partition coefficient (Wildman–Crippen LogP) is 1.84. The van der Waals surface area contributed by atoms with Crippen LogP contribution in [0.4, 0.5) is 0 Å². The molecule has 4 heteroatoms. The molecule has 0 spiro atoms. The normalized spacial score (nSPS) is 14.5. The third-order valence-corrected chi connectivity index (χ3v) is 4.18. The fraction of sp³-hybridized carbons (Fsp3) is 1.00. The van der Waals surface area contributed by atoms with Gasteiger partial charge in [0.2, 0.25) is 0 Å². The first-order valence-electron chi connectivity index (χ1n) is 5.81. The summed E-state index contributed by atoms with van der Waals surface area (Å²) in [6.45, 7) is 9.03. The summed E-state index contributed by atoms with van der Waals surface area (Å²) in [7, 11) is -2.78. The van der Waals surface area contributed by atoms with Crippen molar-refractivity contribution in [2.45, 2.75) is 46.6 Å². The first-order chi connectivity index (χ1) is 6.87. The van der Waals surface area contributed by atoms with Gasteiger partial charge in [-0.25, -0.2) is 8.42 Å². The Morgan fingerprint density at radius 2 is 1.80 bits per heavy atom. The lowest BCUT2D eigenvalue weighted by Crippen LogP contribution is -2.29. The van der Waals surface area contributed by atoms with E-state index in [1.165, 1.54) is 0 Å². The van der Waals surface area contributed by atoms with Crippen LogP contribution in [0.25, 0.3) is 0 Å². The summed E-state index contributed by atoms with van der Waals surface area (Å²) in [5.41, 5.74) is 0. The molecule has 0 aromatic rings. The van der Waals surface area contributed by atoms with Crippen LogP contribution in [0.15, 0.2) is 0 Å². The molecule has 3 nitrogen and oxygen atoms in total. The summed E-state index contributed by atoms with van der Waals surface area (Å²) in [6, 6.07) is 0.481. The Morgan fingerprint density at radius 1 is 1.20 bits per heavy atom. The molecule has 0 saturated heterocycles. The summed E-state index contributed by atoms with van der Waals surface area (Å²) in [4.78, 5) is 0. The van der Waals surface area contributed by atoms with E-state index in [-0.39, 0.29) is 5.75 Å². The molecular formula is C11H25NO2S. The Bertz CT molecular complexity index is 247. The number of rotatable bonds is 8. The Hall–Kier alpha value is -0.0900. The van der Waals surface area contributed by atoms with Crippen molar-refractivity contribution in [1.29, 1.82) is 0 Å². The topological polar surface area (TPSA) is 46.2 Å². The molecule has 0 aromatic heterocycles. The van der Waals surface area contributed by atoms with Crippen molar-refractivity contribution in [3.05, 3.63) is 0 Å². The first-order valence-corrected chi connectivity index (χ1v) is 7.63. The molecule has 0 rings (SSSR count). The zero-order chi connectivity index (χ0) is 11.9. The Morgan fingerprint density at radius 3 is 2.27 bits per heavy atom. The molecule has 1 atom stereocenters. The molecule has 15 heavy (non-hydrogen) atoms. The van der Waals surface area contributed by atoms with Crippen molar-refractivity contribution in [1.82, 2.24) is 5.32 Å². The van der Waals surface area contributed by atoms with Gasteiger partial charge in [-0.3, -0.25) is 0 Å². The van der Waals surface area contributed by atoms with Gasteiger partial charge in [0.05, 0.1) is 5.75 Å². The van der Waals surface area contributed by atoms with Crippen LogP contribution < -0.4 is 5.32 Å². The molecule has 0 heterocycles. The van der Waals surface area contributed by atoms with E-state index >= 15 is 0 Å². The minimum Gasteiger partial charge on any atom is -0.314 e. The molecule has 0 aromatic carbocycles. The highest BCUT2D eigenvalue weighted by molar-refractivity contribution is 7.91. The molecule has 0 fully saturated rings. The summed E-state index contributed by atoms with van der Waals surface area (Å²) in [5, 5.41) is 3.35. The highest BCUT2D eigenvalue weighted by atomic mass is 32.2. The fourth-order valence-corrected chi connectivity index (χ4v) is 2.45. The van der Waals surface area contributed by atoms with Crippen LogP contribution >= 0.6 is 0 Å². The van der Waals surface area contributed by atoms with Gasteiger partial charge < -0.3 is 5.32 Å². The fourth-order valence-electron chi connectivity index (χ4n) is 1.58. The van der Waals surface area contributed by atoms with Gasteiger partial charge in [0.1, 0.15) is 9.84 Å². The summed E-state index contributed by atoms with van der Waals surface area (Å²) in [5.74, 6) is 1.26. The largest absolute Gasteiger partial charge is 0.314 e. The molecule has 1 unspecified atom stereocenters. The van der Waals surface area contributed by atoms with Gasteiger partial charge in [0.15, 0.2) is 0 Å². The van der Waals surface area contributed by atoms with Crippen molar-refractivity contribution in [3.63, 3.8) is 0 Å². The van der Waals surface area contributed by atoms with Gasteiger partial charge in [0, 0.05) is 11.8 Å². The Kier molecular flexibility index (Phi) is 7.18. The van der Waals surface area contributed by atoms with Gasteiger partial charge in [-0.15, -0.1) is 0 Å². The molecule has 92 valence electrons. The molecule has 0 saturated carbocycles. The number of hydrogen-bond donors (Lipinski definition) is 1. The lowest BCUT2D eigenvalue weighted by Gasteiger charge is -2.15. The summed E-state index contributed by atoms with van der Waals surface area (Å²) < 4.78 is 22.4. The van der Waals surface area contributed by atoms with Crippen LogP contribution in [0.3, 0.4) is 0 Å². The maximum absolute atomic E-state index is 11.2. The van der Waals surface area contributed by atoms with E-state index in [9.17, 15) is 8.42 Å². The SMILES string of the molecule is CCS(=O)(=O)CCCNC(C)CC(C)C. The van der Waals surface area contributed by atoms with Gasteiger partial charge in [-0.1, -0.05) is 20.8 Å². The van der Waals surface area contributed by atoms with Crippen molar-refractivity contribution in [2.75, 3.05) is 18.1 Å². The van der Waals surface area contributed by atoms with Gasteiger partial charge >= 0.3 is 0 Å². The Labute approximate surface area is 94.6 Å². The van der Waals surface area contributed by atoms with E-state index in [4.69, 9.17) is 0 Å². The van der Waals surface area contributed by atoms with E-state index < -0.39 is 9.84 Å². The van der Waals surface area contributed by atoms with Crippen LogP contribution in [0.2, 0.25) is 0 Å². The molecule has 1 N–H and O–H groups in total. The summed E-state index contributed by atoms with van der Waals surface area (Å²) >= 11 is 0. The third-order valence-electron chi connectivity index (χ3n) is 2.39. The first kappa shape index (κ1) is 14.9. The second-order valence-electron chi connectivity index (χ2n) is 4.57. The molecule has 0 aliphatic carbocycles. The monoisotopic (exact) mass is 235 g/mol. The highest BCUT2D eigenvalue weighted by Crippen LogP contribution is 2.03. The van der Waals surface area contributed by atoms with Gasteiger partial charge in [-0.2, -0.15) is 0 Å². The van der Waals surface area contributed by atoms with Crippen LogP contribution in [0.5, 0.6) is 0 Å². The van der Waals surface area contributed by atoms with E-state index in [1.54, 1.807) is 6.92 Å². The zero-order valence-electron chi connectivity index (χ0n) is 10.4. The number of sulfone groups is 1. The predicted molar refractivity (Wildman–Crippen MR) is 65.9 cm³/mol. The standard InChI is InChI=1S/C11H25NO2S/c1-5-15(13,14)8-6-7-12-11(4)9-10(2)3/h10-12H,5-9H2,1-4H3.